The SMILES string of the molecule is CCOc1cc(C(=O)Oc2cc(F)c(C#N)c(F)c2)cc(OCC)c1OCC. The van der Waals surface area contributed by atoms with Crippen LogP contribution in [0, 0.1) is 23.0 Å². The molecule has 0 fully saturated rings. The second-order valence-corrected chi connectivity index (χ2v) is 5.36. The first-order valence-electron chi connectivity index (χ1n) is 8.62. The van der Waals surface area contributed by atoms with Gasteiger partial charge >= 0.3 is 5.97 Å². The molecule has 0 amide bonds. The van der Waals surface area contributed by atoms with Gasteiger partial charge in [0.15, 0.2) is 11.5 Å². The van der Waals surface area contributed by atoms with Crippen molar-refractivity contribution in [3.05, 3.63) is 47.0 Å². The third kappa shape index (κ3) is 4.68. The van der Waals surface area contributed by atoms with Crippen molar-refractivity contribution >= 4 is 5.97 Å². The summed E-state index contributed by atoms with van der Waals surface area (Å²) < 4.78 is 49.1. The normalized spacial score (nSPS) is 10.1. The van der Waals surface area contributed by atoms with E-state index < -0.39 is 23.2 Å². The van der Waals surface area contributed by atoms with Gasteiger partial charge in [0.1, 0.15) is 29.0 Å². The lowest BCUT2D eigenvalue weighted by molar-refractivity contribution is 0.0732. The van der Waals surface area contributed by atoms with Crippen LogP contribution < -0.4 is 18.9 Å². The summed E-state index contributed by atoms with van der Waals surface area (Å²) >= 11 is 0. The Kier molecular flexibility index (Phi) is 7.15. The summed E-state index contributed by atoms with van der Waals surface area (Å²) in [4.78, 5) is 12.5. The highest BCUT2D eigenvalue weighted by Gasteiger charge is 2.20. The molecule has 0 heterocycles. The monoisotopic (exact) mass is 391 g/mol. The largest absolute Gasteiger partial charge is 0.490 e. The molecule has 2 aromatic carbocycles. The van der Waals surface area contributed by atoms with Crippen LogP contribution in [0.5, 0.6) is 23.0 Å². The first-order chi connectivity index (χ1) is 13.4. The van der Waals surface area contributed by atoms with Crippen LogP contribution in [-0.2, 0) is 0 Å². The van der Waals surface area contributed by atoms with Crippen molar-refractivity contribution < 1.29 is 32.5 Å². The van der Waals surface area contributed by atoms with E-state index in [0.717, 1.165) is 12.1 Å². The molecule has 0 unspecified atom stereocenters. The maximum atomic E-state index is 13.7. The molecule has 0 aromatic heterocycles. The van der Waals surface area contributed by atoms with Crippen molar-refractivity contribution in [3.63, 3.8) is 0 Å². The number of esters is 1. The Morgan fingerprint density at radius 1 is 0.929 bits per heavy atom. The molecule has 2 aromatic rings. The fourth-order valence-electron chi connectivity index (χ4n) is 2.39. The van der Waals surface area contributed by atoms with Crippen LogP contribution in [0.15, 0.2) is 24.3 Å². The van der Waals surface area contributed by atoms with Gasteiger partial charge in [-0.15, -0.1) is 0 Å². The first-order valence-corrected chi connectivity index (χ1v) is 8.62. The lowest BCUT2D eigenvalue weighted by atomic mass is 10.1. The molecule has 8 heteroatoms. The molecule has 148 valence electrons. The molecule has 0 aliphatic heterocycles. The molecule has 0 aliphatic carbocycles. The average molecular weight is 391 g/mol. The summed E-state index contributed by atoms with van der Waals surface area (Å²) in [6.07, 6.45) is 0. The Labute approximate surface area is 161 Å². The fourth-order valence-corrected chi connectivity index (χ4v) is 2.39. The molecule has 0 N–H and O–H groups in total. The quantitative estimate of drug-likeness (QED) is 0.494. The number of ether oxygens (including phenoxy) is 4. The van der Waals surface area contributed by atoms with Gasteiger partial charge in [0, 0.05) is 12.1 Å². The van der Waals surface area contributed by atoms with E-state index in [4.69, 9.17) is 24.2 Å². The Morgan fingerprint density at radius 2 is 1.43 bits per heavy atom. The van der Waals surface area contributed by atoms with Crippen molar-refractivity contribution in [1.82, 2.24) is 0 Å². The Hall–Kier alpha value is -3.34. The molecule has 28 heavy (non-hydrogen) atoms. The standard InChI is InChI=1S/C20H19F2NO5/c1-4-25-17-7-12(8-18(26-5-2)19(17)27-6-3)20(24)28-13-9-15(21)14(11-23)16(22)10-13/h7-10H,4-6H2,1-3H3. The Balaban J connectivity index is 2.40. The maximum Gasteiger partial charge on any atom is 0.343 e. The first kappa shape index (κ1) is 21.0. The van der Waals surface area contributed by atoms with Crippen LogP contribution in [-0.4, -0.2) is 25.8 Å². The highest BCUT2D eigenvalue weighted by Crippen LogP contribution is 2.39. The third-order valence-corrected chi connectivity index (χ3v) is 3.48. The lowest BCUT2D eigenvalue weighted by Crippen LogP contribution is -2.11. The number of nitrogens with zero attached hydrogens (tertiary/aromatic N) is 1. The van der Waals surface area contributed by atoms with Crippen molar-refractivity contribution in [3.8, 4) is 29.1 Å². The summed E-state index contributed by atoms with van der Waals surface area (Å²) in [7, 11) is 0. The topological polar surface area (TPSA) is 77.8 Å². The molecule has 0 spiro atoms. The molecule has 0 saturated heterocycles. The number of rotatable bonds is 8. The minimum Gasteiger partial charge on any atom is -0.490 e. The number of nitriles is 1. The van der Waals surface area contributed by atoms with Crippen molar-refractivity contribution in [1.29, 1.82) is 5.26 Å². The second kappa shape index (κ2) is 9.55. The van der Waals surface area contributed by atoms with Crippen LogP contribution in [0.25, 0.3) is 0 Å². The fraction of sp³-hybridized carbons (Fsp3) is 0.300. The predicted octanol–water partition coefficient (Wildman–Crippen LogP) is 4.25. The molecule has 0 bridgehead atoms. The van der Waals surface area contributed by atoms with Gasteiger partial charge in [-0.2, -0.15) is 5.26 Å². The van der Waals surface area contributed by atoms with Crippen LogP contribution in [0.2, 0.25) is 0 Å². The number of carbonyl (C=O) groups excluding carboxylic acids is 1. The van der Waals surface area contributed by atoms with Gasteiger partial charge in [-0.05, 0) is 32.9 Å². The zero-order valence-corrected chi connectivity index (χ0v) is 15.7. The lowest BCUT2D eigenvalue weighted by Gasteiger charge is -2.16. The van der Waals surface area contributed by atoms with Crippen molar-refractivity contribution in [2.45, 2.75) is 20.8 Å². The van der Waals surface area contributed by atoms with E-state index in [2.05, 4.69) is 0 Å². The van der Waals surface area contributed by atoms with E-state index >= 15 is 0 Å². The third-order valence-electron chi connectivity index (χ3n) is 3.48. The number of hydrogen-bond acceptors (Lipinski definition) is 6. The average Bonchev–Trinajstić information content (AvgIpc) is 2.64. The number of hydrogen-bond donors (Lipinski definition) is 0. The van der Waals surface area contributed by atoms with E-state index in [0.29, 0.717) is 25.6 Å². The van der Waals surface area contributed by atoms with E-state index in [1.165, 1.54) is 18.2 Å². The van der Waals surface area contributed by atoms with Gasteiger partial charge in [-0.1, -0.05) is 0 Å². The summed E-state index contributed by atoms with van der Waals surface area (Å²) in [6.45, 7) is 6.31. The Bertz CT molecular complexity index is 858. The second-order valence-electron chi connectivity index (χ2n) is 5.36. The molecule has 0 atom stereocenters. The summed E-state index contributed by atoms with van der Waals surface area (Å²) in [5.74, 6) is -2.60. The number of carbonyl (C=O) groups is 1. The smallest absolute Gasteiger partial charge is 0.343 e. The zero-order chi connectivity index (χ0) is 20.7. The highest BCUT2D eigenvalue weighted by molar-refractivity contribution is 5.92. The summed E-state index contributed by atoms with van der Waals surface area (Å²) in [5.41, 5.74) is -0.710. The van der Waals surface area contributed by atoms with Crippen molar-refractivity contribution in [2.24, 2.45) is 0 Å². The van der Waals surface area contributed by atoms with Gasteiger partial charge in [0.2, 0.25) is 5.75 Å². The van der Waals surface area contributed by atoms with Crippen LogP contribution in [0.3, 0.4) is 0 Å². The van der Waals surface area contributed by atoms with Crippen molar-refractivity contribution in [2.75, 3.05) is 19.8 Å². The van der Waals surface area contributed by atoms with E-state index in [1.807, 2.05) is 0 Å². The molecule has 0 radical (unpaired) electrons. The summed E-state index contributed by atoms with van der Waals surface area (Å²) in [5, 5.41) is 8.70. The maximum absolute atomic E-state index is 13.7. The van der Waals surface area contributed by atoms with Gasteiger partial charge in [0.05, 0.1) is 25.4 Å². The van der Waals surface area contributed by atoms with Gasteiger partial charge < -0.3 is 18.9 Å². The molecular weight excluding hydrogens is 372 g/mol. The molecular formula is C20H19F2NO5. The number of benzene rings is 2. The van der Waals surface area contributed by atoms with E-state index in [1.54, 1.807) is 20.8 Å². The highest BCUT2D eigenvalue weighted by atomic mass is 19.1. The van der Waals surface area contributed by atoms with E-state index in [9.17, 15) is 13.6 Å². The molecule has 0 aliphatic rings. The minimum atomic E-state index is -1.12. The van der Waals surface area contributed by atoms with Gasteiger partial charge in [-0.25, -0.2) is 13.6 Å². The molecule has 2 rings (SSSR count). The predicted molar refractivity (Wildman–Crippen MR) is 96.0 cm³/mol. The summed E-state index contributed by atoms with van der Waals surface area (Å²) in [6, 6.07) is 5.73. The molecule has 0 saturated carbocycles. The van der Waals surface area contributed by atoms with Gasteiger partial charge in [0.25, 0.3) is 0 Å². The molecule has 6 nitrogen and oxygen atoms in total. The minimum absolute atomic E-state index is 0.0422. The van der Waals surface area contributed by atoms with Gasteiger partial charge in [-0.3, -0.25) is 0 Å². The van der Waals surface area contributed by atoms with Crippen LogP contribution in [0.4, 0.5) is 8.78 Å². The van der Waals surface area contributed by atoms with E-state index in [-0.39, 0.29) is 22.8 Å². The van der Waals surface area contributed by atoms with Crippen LogP contribution in [0.1, 0.15) is 36.7 Å². The Morgan fingerprint density at radius 3 is 1.86 bits per heavy atom. The van der Waals surface area contributed by atoms with Crippen LogP contribution >= 0.6 is 0 Å². The number of halogens is 2. The zero-order valence-electron chi connectivity index (χ0n) is 15.7.